The SMILES string of the molecule is COc1ccc2c(c1)N(C)C(=C1SC(=Nc3cc(C)ccc3C)N(Cc3ccccc3)C1=O)S2. The fourth-order valence-corrected chi connectivity index (χ4v) is 6.24. The Morgan fingerprint density at radius 2 is 1.76 bits per heavy atom. The van der Waals surface area contributed by atoms with E-state index in [1.54, 1.807) is 23.8 Å². The summed E-state index contributed by atoms with van der Waals surface area (Å²) >= 11 is 3.06. The first kappa shape index (κ1) is 22.6. The molecule has 0 radical (unpaired) electrons. The number of ether oxygens (including phenoxy) is 1. The van der Waals surface area contributed by atoms with Crippen molar-refractivity contribution in [3.8, 4) is 5.75 Å². The Morgan fingerprint density at radius 1 is 0.971 bits per heavy atom. The van der Waals surface area contributed by atoms with E-state index in [1.165, 1.54) is 11.8 Å². The van der Waals surface area contributed by atoms with Crippen LogP contribution in [0.3, 0.4) is 0 Å². The lowest BCUT2D eigenvalue weighted by molar-refractivity contribution is -0.122. The van der Waals surface area contributed by atoms with E-state index in [4.69, 9.17) is 9.73 Å². The number of aryl methyl sites for hydroxylation is 2. The molecule has 5 rings (SSSR count). The molecule has 1 fully saturated rings. The van der Waals surface area contributed by atoms with Crippen LogP contribution < -0.4 is 9.64 Å². The highest BCUT2D eigenvalue weighted by Crippen LogP contribution is 2.51. The van der Waals surface area contributed by atoms with Crippen molar-refractivity contribution in [2.75, 3.05) is 19.1 Å². The molecule has 0 spiro atoms. The second kappa shape index (κ2) is 9.24. The molecule has 2 heterocycles. The van der Waals surface area contributed by atoms with Crippen molar-refractivity contribution in [3.63, 3.8) is 0 Å². The van der Waals surface area contributed by atoms with Gasteiger partial charge in [-0.1, -0.05) is 54.2 Å². The van der Waals surface area contributed by atoms with Crippen molar-refractivity contribution in [2.45, 2.75) is 25.3 Å². The number of hydrogen-bond acceptors (Lipinski definition) is 6. The number of hydrogen-bond donors (Lipinski definition) is 0. The number of carbonyl (C=O) groups excluding carboxylic acids is 1. The maximum absolute atomic E-state index is 13.8. The number of amides is 1. The lowest BCUT2D eigenvalue weighted by atomic mass is 10.1. The number of amidine groups is 1. The summed E-state index contributed by atoms with van der Waals surface area (Å²) < 4.78 is 5.41. The third-order valence-corrected chi connectivity index (χ3v) is 8.29. The van der Waals surface area contributed by atoms with Crippen molar-refractivity contribution in [3.05, 3.63) is 93.4 Å². The molecule has 7 heteroatoms. The first-order valence-electron chi connectivity index (χ1n) is 11.0. The summed E-state index contributed by atoms with van der Waals surface area (Å²) in [5, 5.41) is 1.62. The van der Waals surface area contributed by atoms with Gasteiger partial charge in [-0.2, -0.15) is 0 Å². The Morgan fingerprint density at radius 3 is 2.53 bits per heavy atom. The van der Waals surface area contributed by atoms with Gasteiger partial charge in [0.1, 0.15) is 10.7 Å². The largest absolute Gasteiger partial charge is 0.497 e. The van der Waals surface area contributed by atoms with Gasteiger partial charge in [0.15, 0.2) is 5.17 Å². The van der Waals surface area contributed by atoms with Crippen molar-refractivity contribution >= 4 is 46.0 Å². The number of carbonyl (C=O) groups is 1. The molecule has 2 aliphatic heterocycles. The maximum Gasteiger partial charge on any atom is 0.269 e. The van der Waals surface area contributed by atoms with Crippen molar-refractivity contribution in [2.24, 2.45) is 4.99 Å². The van der Waals surface area contributed by atoms with Crippen LogP contribution >= 0.6 is 23.5 Å². The monoisotopic (exact) mass is 487 g/mol. The number of fused-ring (bicyclic) bond motifs is 1. The zero-order valence-electron chi connectivity index (χ0n) is 19.5. The van der Waals surface area contributed by atoms with Gasteiger partial charge in [0.05, 0.1) is 30.1 Å². The zero-order chi connectivity index (χ0) is 23.8. The summed E-state index contributed by atoms with van der Waals surface area (Å²) in [6.45, 7) is 4.58. The average molecular weight is 488 g/mol. The van der Waals surface area contributed by atoms with Crippen LogP contribution in [0.4, 0.5) is 11.4 Å². The first-order valence-corrected chi connectivity index (χ1v) is 12.6. The van der Waals surface area contributed by atoms with Gasteiger partial charge < -0.3 is 9.64 Å². The molecule has 3 aromatic rings. The number of rotatable bonds is 4. The number of anilines is 1. The van der Waals surface area contributed by atoms with E-state index in [0.717, 1.165) is 43.7 Å². The lowest BCUT2D eigenvalue weighted by Crippen LogP contribution is -2.29. The van der Waals surface area contributed by atoms with Crippen LogP contribution in [0.2, 0.25) is 0 Å². The van der Waals surface area contributed by atoms with Crippen LogP contribution in [0.25, 0.3) is 0 Å². The van der Waals surface area contributed by atoms with Gasteiger partial charge in [0.2, 0.25) is 0 Å². The molecule has 0 atom stereocenters. The third-order valence-electron chi connectivity index (χ3n) is 5.86. The van der Waals surface area contributed by atoms with E-state index in [0.29, 0.717) is 16.6 Å². The summed E-state index contributed by atoms with van der Waals surface area (Å²) in [7, 11) is 3.66. The summed E-state index contributed by atoms with van der Waals surface area (Å²) in [5.74, 6) is 0.776. The third kappa shape index (κ3) is 4.21. The summed E-state index contributed by atoms with van der Waals surface area (Å²) in [6.07, 6.45) is 0. The fraction of sp³-hybridized carbons (Fsp3) is 0.185. The minimum absolute atomic E-state index is 0.0213. The van der Waals surface area contributed by atoms with Crippen LogP contribution in [0, 0.1) is 13.8 Å². The van der Waals surface area contributed by atoms with Gasteiger partial charge >= 0.3 is 0 Å². The topological polar surface area (TPSA) is 45.1 Å². The summed E-state index contributed by atoms with van der Waals surface area (Å²) in [5.41, 5.74) is 5.22. The molecule has 5 nitrogen and oxygen atoms in total. The van der Waals surface area contributed by atoms with Crippen molar-refractivity contribution in [1.29, 1.82) is 0 Å². The Kier molecular flexibility index (Phi) is 6.15. The fourth-order valence-electron chi connectivity index (χ4n) is 3.92. The van der Waals surface area contributed by atoms with Gasteiger partial charge in [-0.05, 0) is 60.5 Å². The predicted molar refractivity (Wildman–Crippen MR) is 142 cm³/mol. The van der Waals surface area contributed by atoms with Gasteiger partial charge in [0.25, 0.3) is 5.91 Å². The van der Waals surface area contributed by atoms with Gasteiger partial charge in [-0.3, -0.25) is 9.69 Å². The number of benzene rings is 3. The summed E-state index contributed by atoms with van der Waals surface area (Å²) in [6, 6.07) is 22.3. The van der Waals surface area contributed by atoms with Gasteiger partial charge in [-0.15, -0.1) is 0 Å². The van der Waals surface area contributed by atoms with E-state index >= 15 is 0 Å². The van der Waals surface area contributed by atoms with Crippen LogP contribution in [-0.4, -0.2) is 30.1 Å². The smallest absolute Gasteiger partial charge is 0.269 e. The second-order valence-electron chi connectivity index (χ2n) is 8.29. The van der Waals surface area contributed by atoms with Crippen LogP contribution in [0.5, 0.6) is 5.75 Å². The van der Waals surface area contributed by atoms with E-state index in [1.807, 2.05) is 62.5 Å². The molecule has 172 valence electrons. The maximum atomic E-state index is 13.8. The van der Waals surface area contributed by atoms with E-state index < -0.39 is 0 Å². The van der Waals surface area contributed by atoms with Crippen molar-refractivity contribution < 1.29 is 9.53 Å². The van der Waals surface area contributed by atoms with E-state index in [-0.39, 0.29) is 5.91 Å². The number of thioether (sulfide) groups is 2. The number of methoxy groups -OCH3 is 1. The van der Waals surface area contributed by atoms with Crippen LogP contribution in [-0.2, 0) is 11.3 Å². The normalized spacial score (nSPS) is 18.7. The molecule has 34 heavy (non-hydrogen) atoms. The average Bonchev–Trinajstić information content (AvgIpc) is 3.33. The Hall–Kier alpha value is -3.16. The molecule has 3 aromatic carbocycles. The Bertz CT molecular complexity index is 1330. The van der Waals surface area contributed by atoms with Crippen molar-refractivity contribution in [1.82, 2.24) is 4.90 Å². The molecule has 1 saturated heterocycles. The minimum Gasteiger partial charge on any atom is -0.497 e. The standard InChI is InChI=1S/C27H25N3O2S2/c1-17-10-11-18(2)21(14-17)28-27-30(16-19-8-6-5-7-9-19)25(31)24(34-27)26-29(3)22-15-20(32-4)12-13-23(22)33-26/h5-15H,16H2,1-4H3. The zero-order valence-corrected chi connectivity index (χ0v) is 21.2. The van der Waals surface area contributed by atoms with Crippen LogP contribution in [0.15, 0.2) is 86.6 Å². The first-order chi connectivity index (χ1) is 16.4. The quantitative estimate of drug-likeness (QED) is 0.394. The number of nitrogens with zero attached hydrogens (tertiary/aromatic N) is 3. The highest BCUT2D eigenvalue weighted by Gasteiger charge is 2.39. The molecule has 0 N–H and O–H groups in total. The Balaban J connectivity index is 1.57. The number of aliphatic imine (C=N–C) groups is 1. The van der Waals surface area contributed by atoms with Gasteiger partial charge in [0, 0.05) is 18.0 Å². The minimum atomic E-state index is -0.0213. The summed E-state index contributed by atoms with van der Waals surface area (Å²) in [4.78, 5) is 24.4. The van der Waals surface area contributed by atoms with Crippen LogP contribution in [0.1, 0.15) is 16.7 Å². The Labute approximate surface area is 208 Å². The van der Waals surface area contributed by atoms with E-state index in [9.17, 15) is 4.79 Å². The second-order valence-corrected chi connectivity index (χ2v) is 10.3. The molecular weight excluding hydrogens is 462 g/mol. The molecule has 0 bridgehead atoms. The molecule has 1 amide bonds. The van der Waals surface area contributed by atoms with E-state index in [2.05, 4.69) is 30.0 Å². The highest BCUT2D eigenvalue weighted by molar-refractivity contribution is 8.19. The molecule has 0 saturated carbocycles. The highest BCUT2D eigenvalue weighted by atomic mass is 32.2. The lowest BCUT2D eigenvalue weighted by Gasteiger charge is -2.17. The molecule has 0 unspecified atom stereocenters. The molecular formula is C27H25N3O2S2. The molecule has 2 aliphatic rings. The predicted octanol–water partition coefficient (Wildman–Crippen LogP) is 6.49. The molecule has 0 aromatic heterocycles. The van der Waals surface area contributed by atoms with Gasteiger partial charge in [-0.25, -0.2) is 4.99 Å². The molecule has 0 aliphatic carbocycles.